The van der Waals surface area contributed by atoms with Crippen LogP contribution in [0, 0.1) is 0 Å². The fourth-order valence-corrected chi connectivity index (χ4v) is 4.24. The Balaban J connectivity index is 1.29. The Hall–Kier alpha value is -3.51. The highest BCUT2D eigenvalue weighted by atomic mass is 19.4. The van der Waals surface area contributed by atoms with E-state index in [0.29, 0.717) is 11.6 Å². The third kappa shape index (κ3) is 4.10. The maximum atomic E-state index is 12.8. The smallest absolute Gasteiger partial charge is 0.416 e. The van der Waals surface area contributed by atoms with E-state index in [-0.39, 0.29) is 24.8 Å². The molecule has 12 heteroatoms. The van der Waals surface area contributed by atoms with E-state index in [9.17, 15) is 18.0 Å². The molecular formula is C22H20F3N5O4. The van der Waals surface area contributed by atoms with E-state index in [4.69, 9.17) is 14.2 Å². The predicted octanol–water partition coefficient (Wildman–Crippen LogP) is 2.50. The monoisotopic (exact) mass is 475 g/mol. The Labute approximate surface area is 191 Å². The molecule has 0 spiro atoms. The lowest BCUT2D eigenvalue weighted by Gasteiger charge is -2.18. The van der Waals surface area contributed by atoms with Gasteiger partial charge >= 0.3 is 6.18 Å². The van der Waals surface area contributed by atoms with Gasteiger partial charge in [-0.05, 0) is 46.8 Å². The summed E-state index contributed by atoms with van der Waals surface area (Å²) in [5.74, 6) is 0.680. The predicted molar refractivity (Wildman–Crippen MR) is 111 cm³/mol. The molecule has 3 aromatic rings. The summed E-state index contributed by atoms with van der Waals surface area (Å²) in [7, 11) is 1.57. The number of ether oxygens (including phenoxy) is 3. The second kappa shape index (κ2) is 8.69. The Kier molecular flexibility index (Phi) is 5.70. The summed E-state index contributed by atoms with van der Waals surface area (Å²) in [6, 6.07) is 10.6. The molecule has 2 saturated heterocycles. The van der Waals surface area contributed by atoms with Crippen molar-refractivity contribution in [3.8, 4) is 17.1 Å². The molecule has 0 bridgehead atoms. The number of benzene rings is 2. The third-order valence-corrected chi connectivity index (χ3v) is 5.95. The quantitative estimate of drug-likeness (QED) is 0.605. The highest BCUT2D eigenvalue weighted by Gasteiger charge is 2.50. The normalized spacial score (nSPS) is 24.1. The van der Waals surface area contributed by atoms with Gasteiger partial charge in [0.25, 0.3) is 5.91 Å². The Morgan fingerprint density at radius 3 is 2.62 bits per heavy atom. The first kappa shape index (κ1) is 22.3. The molecule has 0 unspecified atom stereocenters. The van der Waals surface area contributed by atoms with Crippen LogP contribution in [0.2, 0.25) is 0 Å². The van der Waals surface area contributed by atoms with Crippen LogP contribution in [0.15, 0.2) is 48.5 Å². The number of carbonyl (C=O) groups excluding carboxylic acids is 1. The highest BCUT2D eigenvalue weighted by Crippen LogP contribution is 2.36. The van der Waals surface area contributed by atoms with Gasteiger partial charge in [-0.1, -0.05) is 12.1 Å². The standard InChI is InChI=1S/C22H20F3N5O4/c1-32-15-4-2-3-13(9-15)20-27-28-29-30(20)17-11-34-18-16(10-33-19(17)18)26-21(31)12-5-7-14(8-6-12)22(23,24)25/h2-9,16-19H,10-11H2,1H3,(H,26,31)/t16-,17+,18-,19+/m0/s1. The molecule has 1 amide bonds. The number of amides is 1. The van der Waals surface area contributed by atoms with Gasteiger partial charge in [-0.25, -0.2) is 4.68 Å². The summed E-state index contributed by atoms with van der Waals surface area (Å²) < 4.78 is 57.1. The molecule has 2 aliphatic heterocycles. The van der Waals surface area contributed by atoms with Crippen LogP contribution in [0.4, 0.5) is 13.2 Å². The minimum Gasteiger partial charge on any atom is -0.497 e. The summed E-state index contributed by atoms with van der Waals surface area (Å²) in [4.78, 5) is 12.6. The zero-order valence-electron chi connectivity index (χ0n) is 17.9. The summed E-state index contributed by atoms with van der Waals surface area (Å²) in [6.07, 6.45) is -5.33. The van der Waals surface area contributed by atoms with Gasteiger partial charge in [0, 0.05) is 11.1 Å². The molecule has 1 aromatic heterocycles. The molecule has 5 rings (SSSR count). The third-order valence-electron chi connectivity index (χ3n) is 5.95. The first-order valence-corrected chi connectivity index (χ1v) is 10.5. The molecule has 34 heavy (non-hydrogen) atoms. The Bertz CT molecular complexity index is 1180. The molecule has 178 valence electrons. The van der Waals surface area contributed by atoms with Gasteiger partial charge in [0.05, 0.1) is 31.9 Å². The Morgan fingerprint density at radius 2 is 1.88 bits per heavy atom. The van der Waals surface area contributed by atoms with Crippen LogP contribution < -0.4 is 10.1 Å². The highest BCUT2D eigenvalue weighted by molar-refractivity contribution is 5.94. The fourth-order valence-electron chi connectivity index (χ4n) is 4.24. The Morgan fingerprint density at radius 1 is 1.12 bits per heavy atom. The van der Waals surface area contributed by atoms with Gasteiger partial charge in [0.2, 0.25) is 0 Å². The molecule has 2 aliphatic rings. The first-order chi connectivity index (χ1) is 16.3. The van der Waals surface area contributed by atoms with E-state index in [2.05, 4.69) is 20.8 Å². The molecule has 9 nitrogen and oxygen atoms in total. The topological polar surface area (TPSA) is 100 Å². The number of nitrogens with one attached hydrogen (secondary N) is 1. The lowest BCUT2D eigenvalue weighted by molar-refractivity contribution is -0.137. The van der Waals surface area contributed by atoms with E-state index in [1.165, 1.54) is 0 Å². The maximum Gasteiger partial charge on any atom is 0.416 e. The van der Waals surface area contributed by atoms with Crippen LogP contribution in [0.3, 0.4) is 0 Å². The van der Waals surface area contributed by atoms with Crippen LogP contribution in [0.25, 0.3) is 11.4 Å². The number of hydrogen-bond donors (Lipinski definition) is 1. The number of halogens is 3. The molecule has 3 heterocycles. The van der Waals surface area contributed by atoms with Gasteiger partial charge < -0.3 is 19.5 Å². The van der Waals surface area contributed by atoms with Gasteiger partial charge in [0.15, 0.2) is 5.82 Å². The van der Waals surface area contributed by atoms with Crippen molar-refractivity contribution >= 4 is 5.91 Å². The van der Waals surface area contributed by atoms with Gasteiger partial charge in [-0.3, -0.25) is 4.79 Å². The number of methoxy groups -OCH3 is 1. The summed E-state index contributed by atoms with van der Waals surface area (Å²) in [5, 5.41) is 14.9. The first-order valence-electron chi connectivity index (χ1n) is 10.5. The summed E-state index contributed by atoms with van der Waals surface area (Å²) in [5.41, 5.74) is 0.0632. The number of carbonyl (C=O) groups is 1. The average Bonchev–Trinajstić information content (AvgIpc) is 3.56. The zero-order valence-corrected chi connectivity index (χ0v) is 17.9. The SMILES string of the molecule is COc1cccc(-c2nnnn2[C@@H]2CO[C@@H]3[C@@H]2OC[C@@H]3NC(=O)c2ccc(C(F)(F)F)cc2)c1. The van der Waals surface area contributed by atoms with Crippen LogP contribution in [-0.4, -0.2) is 64.7 Å². The minimum atomic E-state index is -4.46. The van der Waals surface area contributed by atoms with Crippen molar-refractivity contribution in [3.05, 3.63) is 59.7 Å². The van der Waals surface area contributed by atoms with Crippen molar-refractivity contribution in [1.29, 1.82) is 0 Å². The molecule has 0 radical (unpaired) electrons. The van der Waals surface area contributed by atoms with Gasteiger partial charge in [-0.15, -0.1) is 5.10 Å². The lowest BCUT2D eigenvalue weighted by Crippen LogP contribution is -2.44. The van der Waals surface area contributed by atoms with Gasteiger partial charge in [0.1, 0.15) is 24.0 Å². The second-order valence-corrected chi connectivity index (χ2v) is 8.00. The van der Waals surface area contributed by atoms with E-state index in [0.717, 1.165) is 29.8 Å². The van der Waals surface area contributed by atoms with Crippen molar-refractivity contribution < 1.29 is 32.2 Å². The molecule has 1 N–H and O–H groups in total. The largest absolute Gasteiger partial charge is 0.497 e. The van der Waals surface area contributed by atoms with E-state index in [1.807, 2.05) is 24.3 Å². The van der Waals surface area contributed by atoms with Gasteiger partial charge in [-0.2, -0.15) is 13.2 Å². The number of rotatable bonds is 5. The molecule has 2 fully saturated rings. The van der Waals surface area contributed by atoms with Crippen molar-refractivity contribution in [2.24, 2.45) is 0 Å². The van der Waals surface area contributed by atoms with Crippen molar-refractivity contribution in [2.75, 3.05) is 20.3 Å². The zero-order chi connectivity index (χ0) is 23.9. The van der Waals surface area contributed by atoms with Crippen LogP contribution in [0.5, 0.6) is 5.75 Å². The number of fused-ring (bicyclic) bond motifs is 1. The number of nitrogens with zero attached hydrogens (tertiary/aromatic N) is 4. The molecule has 2 aromatic carbocycles. The van der Waals surface area contributed by atoms with E-state index >= 15 is 0 Å². The van der Waals surface area contributed by atoms with E-state index < -0.39 is 35.9 Å². The van der Waals surface area contributed by atoms with Crippen LogP contribution in [0.1, 0.15) is 22.0 Å². The van der Waals surface area contributed by atoms with Crippen molar-refractivity contribution in [2.45, 2.75) is 30.5 Å². The molecule has 0 aliphatic carbocycles. The van der Waals surface area contributed by atoms with Crippen molar-refractivity contribution in [1.82, 2.24) is 25.5 Å². The van der Waals surface area contributed by atoms with Crippen LogP contribution >= 0.6 is 0 Å². The average molecular weight is 475 g/mol. The van der Waals surface area contributed by atoms with Crippen LogP contribution in [-0.2, 0) is 15.7 Å². The fraction of sp³-hybridized carbons (Fsp3) is 0.364. The number of hydrogen-bond acceptors (Lipinski definition) is 7. The summed E-state index contributed by atoms with van der Waals surface area (Å²) >= 11 is 0. The number of alkyl halides is 3. The number of aromatic nitrogens is 4. The van der Waals surface area contributed by atoms with E-state index in [1.54, 1.807) is 11.8 Å². The lowest BCUT2D eigenvalue weighted by atomic mass is 10.0. The molecule has 4 atom stereocenters. The molecule has 0 saturated carbocycles. The maximum absolute atomic E-state index is 12.8. The molecular weight excluding hydrogens is 455 g/mol. The van der Waals surface area contributed by atoms with Crippen molar-refractivity contribution in [3.63, 3.8) is 0 Å². The second-order valence-electron chi connectivity index (χ2n) is 8.00. The number of tetrazole rings is 1. The summed E-state index contributed by atoms with van der Waals surface area (Å²) in [6.45, 7) is 0.457. The minimum absolute atomic E-state index is 0.117.